The Morgan fingerprint density at radius 1 is 1.43 bits per heavy atom. The van der Waals surface area contributed by atoms with E-state index in [4.69, 9.17) is 5.73 Å². The normalized spacial score (nSPS) is 10.8. The highest BCUT2D eigenvalue weighted by Crippen LogP contribution is 2.26. The van der Waals surface area contributed by atoms with Crippen LogP contribution in [0.3, 0.4) is 0 Å². The molecule has 3 N–H and O–H groups in total. The molecule has 1 amide bonds. The molecule has 0 fully saturated rings. The van der Waals surface area contributed by atoms with Crippen LogP contribution < -0.4 is 16.1 Å². The summed E-state index contributed by atoms with van der Waals surface area (Å²) in [5.41, 5.74) is 9.21. The number of rotatable bonds is 3. The van der Waals surface area contributed by atoms with E-state index >= 15 is 0 Å². The molecule has 2 rings (SSSR count). The minimum Gasteiger partial charge on any atom is -0.375 e. The maximum absolute atomic E-state index is 11.6. The van der Waals surface area contributed by atoms with Crippen molar-refractivity contribution in [3.05, 3.63) is 36.2 Å². The number of amides is 1. The fourth-order valence-corrected chi connectivity index (χ4v) is 1.95. The first-order chi connectivity index (χ1) is 10.0. The van der Waals surface area contributed by atoms with Crippen molar-refractivity contribution in [3.8, 4) is 0 Å². The van der Waals surface area contributed by atoms with Gasteiger partial charge in [0.2, 0.25) is 5.91 Å². The van der Waals surface area contributed by atoms with Crippen LogP contribution in [0.25, 0.3) is 10.8 Å². The van der Waals surface area contributed by atoms with E-state index in [-0.39, 0.29) is 11.0 Å². The number of nitrogens with zero attached hydrogens (tertiary/aromatic N) is 3. The van der Waals surface area contributed by atoms with Crippen molar-refractivity contribution in [2.45, 2.75) is 6.92 Å². The topological polar surface area (TPSA) is 83.6 Å². The molecule has 0 aliphatic heterocycles. The Labute approximate surface area is 127 Å². The lowest BCUT2D eigenvalue weighted by Gasteiger charge is -2.17. The molecular weight excluding hydrogens is 286 g/mol. The number of fused-ring (bicyclic) bond motifs is 1. The number of pyridine rings is 1. The van der Waals surface area contributed by atoms with E-state index in [2.05, 4.69) is 27.7 Å². The molecule has 1 aromatic carbocycles. The van der Waals surface area contributed by atoms with Gasteiger partial charge in [0.05, 0.1) is 23.8 Å². The van der Waals surface area contributed by atoms with E-state index in [0.717, 1.165) is 16.5 Å². The predicted octanol–water partition coefficient (Wildman–Crippen LogP) is 1.38. The van der Waals surface area contributed by atoms with Crippen LogP contribution in [-0.4, -0.2) is 29.3 Å². The Bertz CT molecular complexity index is 728. The van der Waals surface area contributed by atoms with Gasteiger partial charge in [0.1, 0.15) is 0 Å². The van der Waals surface area contributed by atoms with E-state index in [1.165, 1.54) is 6.92 Å². The fraction of sp³-hybridized carbons (Fsp3) is 0.143. The molecule has 6 nitrogen and oxygen atoms in total. The molecule has 0 saturated heterocycles. The minimum absolute atomic E-state index is 0.0569. The summed E-state index contributed by atoms with van der Waals surface area (Å²) in [6.07, 6.45) is 3.19. The van der Waals surface area contributed by atoms with Crippen molar-refractivity contribution in [1.82, 2.24) is 10.4 Å². The van der Waals surface area contributed by atoms with E-state index < -0.39 is 0 Å². The van der Waals surface area contributed by atoms with E-state index in [9.17, 15) is 4.79 Å². The Hall–Kier alpha value is -2.54. The molecule has 0 spiro atoms. The zero-order valence-electron chi connectivity index (χ0n) is 11.7. The third kappa shape index (κ3) is 3.32. The molecular formula is C14H15N5OS. The lowest BCUT2D eigenvalue weighted by molar-refractivity contribution is -0.116. The highest BCUT2D eigenvalue weighted by Gasteiger charge is 2.12. The second-order valence-electron chi connectivity index (χ2n) is 4.39. The third-order valence-corrected chi connectivity index (χ3v) is 3.09. The van der Waals surface area contributed by atoms with Crippen LogP contribution in [-0.2, 0) is 4.79 Å². The van der Waals surface area contributed by atoms with Crippen molar-refractivity contribution in [2.24, 2.45) is 10.8 Å². The molecule has 7 heteroatoms. The molecule has 0 atom stereocenters. The molecule has 1 aromatic heterocycles. The molecule has 108 valence electrons. The van der Waals surface area contributed by atoms with Gasteiger partial charge >= 0.3 is 0 Å². The van der Waals surface area contributed by atoms with Gasteiger partial charge in [-0.1, -0.05) is 24.3 Å². The van der Waals surface area contributed by atoms with Crippen LogP contribution >= 0.6 is 12.2 Å². The zero-order valence-corrected chi connectivity index (χ0v) is 12.5. The van der Waals surface area contributed by atoms with Crippen LogP contribution in [0.5, 0.6) is 0 Å². The van der Waals surface area contributed by atoms with Crippen LogP contribution in [0.4, 0.5) is 5.69 Å². The summed E-state index contributed by atoms with van der Waals surface area (Å²) in [4.78, 5) is 17.5. The van der Waals surface area contributed by atoms with E-state index in [0.29, 0.717) is 5.69 Å². The Morgan fingerprint density at radius 3 is 2.71 bits per heavy atom. The average Bonchev–Trinajstić information content (AvgIpc) is 2.46. The number of thiocarbonyl (C=S) groups is 1. The number of hydrogen-bond donors (Lipinski definition) is 2. The van der Waals surface area contributed by atoms with Gasteiger partial charge in [-0.2, -0.15) is 5.10 Å². The summed E-state index contributed by atoms with van der Waals surface area (Å²) < 4.78 is 0. The van der Waals surface area contributed by atoms with Crippen molar-refractivity contribution < 1.29 is 4.79 Å². The van der Waals surface area contributed by atoms with Crippen molar-refractivity contribution in [1.29, 1.82) is 0 Å². The van der Waals surface area contributed by atoms with Crippen molar-refractivity contribution >= 4 is 45.9 Å². The number of hydrogen-bond acceptors (Lipinski definition) is 4. The number of hydrazone groups is 1. The van der Waals surface area contributed by atoms with Crippen LogP contribution in [0.2, 0.25) is 0 Å². The minimum atomic E-state index is -0.0569. The Balaban J connectivity index is 2.52. The molecule has 0 saturated carbocycles. The maximum atomic E-state index is 11.6. The van der Waals surface area contributed by atoms with Gasteiger partial charge in [-0.05, 0) is 12.2 Å². The number of carbonyl (C=O) groups is 1. The van der Waals surface area contributed by atoms with Gasteiger partial charge in [0.25, 0.3) is 0 Å². The second-order valence-corrected chi connectivity index (χ2v) is 4.83. The smallest absolute Gasteiger partial charge is 0.223 e. The number of carbonyl (C=O) groups excluding carboxylic acids is 1. The van der Waals surface area contributed by atoms with E-state index in [1.807, 2.05) is 24.3 Å². The Morgan fingerprint density at radius 2 is 2.10 bits per heavy atom. The van der Waals surface area contributed by atoms with Crippen molar-refractivity contribution in [2.75, 3.05) is 11.9 Å². The first kappa shape index (κ1) is 14.9. The summed E-state index contributed by atoms with van der Waals surface area (Å²) in [7, 11) is 1.72. The molecule has 0 aliphatic carbocycles. The fourth-order valence-electron chi connectivity index (χ4n) is 1.90. The number of anilines is 1. The summed E-state index contributed by atoms with van der Waals surface area (Å²) in [5.74, 6) is -0.0569. The molecule has 0 aliphatic rings. The molecule has 0 bridgehead atoms. The van der Waals surface area contributed by atoms with Gasteiger partial charge in [-0.25, -0.2) is 0 Å². The number of nitrogens with one attached hydrogen (secondary N) is 1. The first-order valence-corrected chi connectivity index (χ1v) is 6.62. The number of aromatic nitrogens is 1. The van der Waals surface area contributed by atoms with Crippen molar-refractivity contribution in [3.63, 3.8) is 0 Å². The SMILES string of the molecule is CC(=O)N(C)c1cnc(/C=N/NC(N)=S)c2ccccc12. The molecule has 0 radical (unpaired) electrons. The quantitative estimate of drug-likeness (QED) is 0.508. The summed E-state index contributed by atoms with van der Waals surface area (Å²) >= 11 is 4.68. The van der Waals surface area contributed by atoms with Crippen LogP contribution in [0, 0.1) is 0 Å². The largest absolute Gasteiger partial charge is 0.375 e. The molecule has 2 aromatic rings. The summed E-state index contributed by atoms with van der Waals surface area (Å²) in [6, 6.07) is 7.67. The zero-order chi connectivity index (χ0) is 15.4. The first-order valence-electron chi connectivity index (χ1n) is 6.21. The van der Waals surface area contributed by atoms with Crippen LogP contribution in [0.15, 0.2) is 35.6 Å². The maximum Gasteiger partial charge on any atom is 0.223 e. The van der Waals surface area contributed by atoms with Gasteiger partial charge < -0.3 is 10.6 Å². The van der Waals surface area contributed by atoms with Gasteiger partial charge in [0, 0.05) is 24.7 Å². The number of nitrogens with two attached hydrogens (primary N) is 1. The summed E-state index contributed by atoms with van der Waals surface area (Å²) in [5, 5.41) is 5.81. The van der Waals surface area contributed by atoms with Gasteiger partial charge in [0.15, 0.2) is 5.11 Å². The van der Waals surface area contributed by atoms with Crippen LogP contribution in [0.1, 0.15) is 12.6 Å². The Kier molecular flexibility index (Phi) is 4.44. The number of benzene rings is 1. The monoisotopic (exact) mass is 301 g/mol. The highest BCUT2D eigenvalue weighted by molar-refractivity contribution is 7.80. The second kappa shape index (κ2) is 6.27. The predicted molar refractivity (Wildman–Crippen MR) is 88.3 cm³/mol. The van der Waals surface area contributed by atoms with E-state index in [1.54, 1.807) is 24.4 Å². The molecule has 1 heterocycles. The average molecular weight is 301 g/mol. The van der Waals surface area contributed by atoms with Gasteiger partial charge in [-0.3, -0.25) is 15.2 Å². The lowest BCUT2D eigenvalue weighted by atomic mass is 10.1. The molecule has 21 heavy (non-hydrogen) atoms. The third-order valence-electron chi connectivity index (χ3n) is 3.00. The van der Waals surface area contributed by atoms with Gasteiger partial charge in [-0.15, -0.1) is 0 Å². The lowest BCUT2D eigenvalue weighted by Crippen LogP contribution is -2.24. The summed E-state index contributed by atoms with van der Waals surface area (Å²) in [6.45, 7) is 1.51. The highest BCUT2D eigenvalue weighted by atomic mass is 32.1. The molecule has 0 unspecified atom stereocenters. The standard InChI is InChI=1S/C14H15N5OS/c1-9(20)19(2)13-8-16-12(7-17-18-14(15)21)10-5-3-4-6-11(10)13/h3-8H,1-2H3,(H3,15,18,21)/b17-7+.